The van der Waals surface area contributed by atoms with Gasteiger partial charge in [-0.2, -0.15) is 0 Å². The van der Waals surface area contributed by atoms with Gasteiger partial charge in [-0.15, -0.1) is 0 Å². The minimum absolute atomic E-state index is 0.804. The molecule has 0 aliphatic carbocycles. The first kappa shape index (κ1) is 14.8. The van der Waals surface area contributed by atoms with Crippen molar-refractivity contribution in [2.45, 2.75) is 12.8 Å². The molecule has 92 valence electrons. The molecule has 0 aliphatic rings. The topological polar surface area (TPSA) is 33.7 Å². The van der Waals surface area contributed by atoms with E-state index in [1.165, 1.54) is 6.42 Å². The highest BCUT2D eigenvalue weighted by atomic mass is 16.5. The maximum absolute atomic E-state index is 5.44. The van der Waals surface area contributed by atoms with E-state index >= 15 is 0 Å². The SMILES string of the molecule is COCCCCNCCOCCN(C)C. The third-order valence-corrected chi connectivity index (χ3v) is 2.06. The van der Waals surface area contributed by atoms with Crippen molar-refractivity contribution in [1.82, 2.24) is 10.2 Å². The Hall–Kier alpha value is -0.160. The van der Waals surface area contributed by atoms with Crippen LogP contribution < -0.4 is 5.32 Å². The molecular weight excluding hydrogens is 192 g/mol. The lowest BCUT2D eigenvalue weighted by atomic mass is 10.3. The molecule has 0 saturated heterocycles. The lowest BCUT2D eigenvalue weighted by molar-refractivity contribution is 0.119. The number of nitrogens with zero attached hydrogens (tertiary/aromatic N) is 1. The van der Waals surface area contributed by atoms with E-state index in [-0.39, 0.29) is 0 Å². The van der Waals surface area contributed by atoms with E-state index < -0.39 is 0 Å². The van der Waals surface area contributed by atoms with E-state index in [0.717, 1.165) is 45.9 Å². The fraction of sp³-hybridized carbons (Fsp3) is 1.00. The fourth-order valence-corrected chi connectivity index (χ4v) is 1.11. The molecule has 0 aliphatic heterocycles. The van der Waals surface area contributed by atoms with Crippen LogP contribution in [0, 0.1) is 0 Å². The summed E-state index contributed by atoms with van der Waals surface area (Å²) in [6.07, 6.45) is 2.30. The monoisotopic (exact) mass is 218 g/mol. The zero-order chi connectivity index (χ0) is 11.4. The van der Waals surface area contributed by atoms with Gasteiger partial charge in [0.25, 0.3) is 0 Å². The molecule has 0 aromatic carbocycles. The Kier molecular flexibility index (Phi) is 11.8. The molecule has 0 spiro atoms. The Balaban J connectivity index is 2.87. The van der Waals surface area contributed by atoms with Gasteiger partial charge in [-0.05, 0) is 33.5 Å². The number of unbranched alkanes of at least 4 members (excludes halogenated alkanes) is 1. The molecule has 0 amide bonds. The van der Waals surface area contributed by atoms with Gasteiger partial charge in [-0.1, -0.05) is 0 Å². The van der Waals surface area contributed by atoms with Crippen molar-refractivity contribution in [1.29, 1.82) is 0 Å². The first-order chi connectivity index (χ1) is 7.27. The highest BCUT2D eigenvalue weighted by Gasteiger charge is 1.91. The molecule has 0 aromatic rings. The number of hydrogen-bond acceptors (Lipinski definition) is 4. The molecule has 0 heterocycles. The molecule has 0 radical (unpaired) electrons. The van der Waals surface area contributed by atoms with Gasteiger partial charge in [0, 0.05) is 26.8 Å². The summed E-state index contributed by atoms with van der Waals surface area (Å²) in [5, 5.41) is 3.34. The summed E-state index contributed by atoms with van der Waals surface area (Å²) in [6.45, 7) is 5.48. The summed E-state index contributed by atoms with van der Waals surface area (Å²) in [7, 11) is 5.85. The molecule has 15 heavy (non-hydrogen) atoms. The zero-order valence-electron chi connectivity index (χ0n) is 10.4. The molecule has 0 saturated carbocycles. The highest BCUT2D eigenvalue weighted by Crippen LogP contribution is 1.86. The number of ether oxygens (including phenoxy) is 2. The van der Waals surface area contributed by atoms with Crippen LogP contribution in [0.15, 0.2) is 0 Å². The van der Waals surface area contributed by atoms with Crippen molar-refractivity contribution in [3.63, 3.8) is 0 Å². The first-order valence-electron chi connectivity index (χ1n) is 5.69. The standard InChI is InChI=1S/C11H26N2O2/c1-13(2)8-11-15-10-7-12-6-4-5-9-14-3/h12H,4-11H2,1-3H3. The van der Waals surface area contributed by atoms with Gasteiger partial charge >= 0.3 is 0 Å². The summed E-state index contributed by atoms with van der Waals surface area (Å²) >= 11 is 0. The second-order valence-electron chi connectivity index (χ2n) is 3.87. The van der Waals surface area contributed by atoms with E-state index in [4.69, 9.17) is 9.47 Å². The molecule has 0 aromatic heterocycles. The average molecular weight is 218 g/mol. The number of likely N-dealkylation sites (N-methyl/N-ethyl adjacent to an activating group) is 1. The molecule has 4 heteroatoms. The van der Waals surface area contributed by atoms with E-state index in [1.54, 1.807) is 7.11 Å². The first-order valence-corrected chi connectivity index (χ1v) is 5.69. The molecule has 0 atom stereocenters. The summed E-state index contributed by atoms with van der Waals surface area (Å²) in [4.78, 5) is 2.12. The number of hydrogen-bond donors (Lipinski definition) is 1. The second-order valence-corrected chi connectivity index (χ2v) is 3.87. The predicted molar refractivity (Wildman–Crippen MR) is 63.4 cm³/mol. The predicted octanol–water partition coefficient (Wildman–Crippen LogP) is 0.581. The second kappa shape index (κ2) is 11.9. The van der Waals surface area contributed by atoms with Crippen molar-refractivity contribution in [2.24, 2.45) is 0 Å². The largest absolute Gasteiger partial charge is 0.385 e. The maximum Gasteiger partial charge on any atom is 0.0593 e. The van der Waals surface area contributed by atoms with E-state index in [0.29, 0.717) is 0 Å². The molecular formula is C11H26N2O2. The molecule has 0 rings (SSSR count). The average Bonchev–Trinajstić information content (AvgIpc) is 2.20. The molecule has 1 N–H and O–H groups in total. The van der Waals surface area contributed by atoms with Crippen molar-refractivity contribution in [3.05, 3.63) is 0 Å². The number of rotatable bonds is 11. The number of methoxy groups -OCH3 is 1. The van der Waals surface area contributed by atoms with Gasteiger partial charge < -0.3 is 19.7 Å². The summed E-state index contributed by atoms with van der Waals surface area (Å²) in [5.74, 6) is 0. The molecule has 0 bridgehead atoms. The van der Waals surface area contributed by atoms with Gasteiger partial charge in [0.1, 0.15) is 0 Å². The summed E-state index contributed by atoms with van der Waals surface area (Å²) < 4.78 is 10.4. The fourth-order valence-electron chi connectivity index (χ4n) is 1.11. The van der Waals surface area contributed by atoms with Crippen LogP contribution in [0.2, 0.25) is 0 Å². The minimum Gasteiger partial charge on any atom is -0.385 e. The summed E-state index contributed by atoms with van der Waals surface area (Å²) in [5.41, 5.74) is 0. The van der Waals surface area contributed by atoms with Gasteiger partial charge in [-0.25, -0.2) is 0 Å². The lowest BCUT2D eigenvalue weighted by Gasteiger charge is -2.10. The van der Waals surface area contributed by atoms with Crippen LogP contribution in [0.1, 0.15) is 12.8 Å². The lowest BCUT2D eigenvalue weighted by Crippen LogP contribution is -2.24. The van der Waals surface area contributed by atoms with Crippen LogP contribution in [0.5, 0.6) is 0 Å². The van der Waals surface area contributed by atoms with Crippen LogP contribution >= 0.6 is 0 Å². The number of nitrogens with one attached hydrogen (secondary N) is 1. The Morgan fingerprint density at radius 3 is 2.47 bits per heavy atom. The van der Waals surface area contributed by atoms with Gasteiger partial charge in [0.05, 0.1) is 13.2 Å². The zero-order valence-corrected chi connectivity index (χ0v) is 10.4. The summed E-state index contributed by atoms with van der Waals surface area (Å²) in [6, 6.07) is 0. The smallest absolute Gasteiger partial charge is 0.0593 e. The molecule has 0 unspecified atom stereocenters. The van der Waals surface area contributed by atoms with Crippen molar-refractivity contribution >= 4 is 0 Å². The van der Waals surface area contributed by atoms with E-state index in [2.05, 4.69) is 24.3 Å². The van der Waals surface area contributed by atoms with Crippen molar-refractivity contribution in [2.75, 3.05) is 60.7 Å². The normalized spacial score (nSPS) is 11.2. The Bertz CT molecular complexity index is 121. The Morgan fingerprint density at radius 2 is 1.80 bits per heavy atom. The van der Waals surface area contributed by atoms with Gasteiger partial charge in [-0.3, -0.25) is 0 Å². The quantitative estimate of drug-likeness (QED) is 0.514. The van der Waals surface area contributed by atoms with Crippen LogP contribution in [-0.4, -0.2) is 65.6 Å². The Labute approximate surface area is 93.9 Å². The van der Waals surface area contributed by atoms with Crippen LogP contribution in [-0.2, 0) is 9.47 Å². The van der Waals surface area contributed by atoms with E-state index in [1.807, 2.05) is 0 Å². The maximum atomic E-state index is 5.44. The third kappa shape index (κ3) is 13.8. The Morgan fingerprint density at radius 1 is 1.00 bits per heavy atom. The van der Waals surface area contributed by atoms with Crippen molar-refractivity contribution in [3.8, 4) is 0 Å². The highest BCUT2D eigenvalue weighted by molar-refractivity contribution is 4.48. The van der Waals surface area contributed by atoms with E-state index in [9.17, 15) is 0 Å². The molecule has 0 fully saturated rings. The minimum atomic E-state index is 0.804. The van der Waals surface area contributed by atoms with Crippen LogP contribution in [0.3, 0.4) is 0 Å². The van der Waals surface area contributed by atoms with Crippen molar-refractivity contribution < 1.29 is 9.47 Å². The molecule has 4 nitrogen and oxygen atoms in total. The van der Waals surface area contributed by atoms with Crippen LogP contribution in [0.4, 0.5) is 0 Å². The van der Waals surface area contributed by atoms with Gasteiger partial charge in [0.2, 0.25) is 0 Å². The van der Waals surface area contributed by atoms with Crippen LogP contribution in [0.25, 0.3) is 0 Å². The van der Waals surface area contributed by atoms with Gasteiger partial charge in [0.15, 0.2) is 0 Å². The third-order valence-electron chi connectivity index (χ3n) is 2.06.